The number of aryl methyl sites for hydroxylation is 2. The first kappa shape index (κ1) is 19.2. The van der Waals surface area contributed by atoms with Crippen molar-refractivity contribution in [3.8, 4) is 0 Å². The van der Waals surface area contributed by atoms with E-state index >= 15 is 0 Å². The van der Waals surface area contributed by atoms with Crippen LogP contribution in [0.15, 0.2) is 18.2 Å². The minimum Gasteiger partial charge on any atom is -0.369 e. The van der Waals surface area contributed by atoms with E-state index < -0.39 is 0 Å². The molecule has 0 aliphatic carbocycles. The lowest BCUT2D eigenvalue weighted by Crippen LogP contribution is -2.39. The maximum Gasteiger partial charge on any atom is 0.319 e. The first-order valence-corrected chi connectivity index (χ1v) is 9.10. The number of urea groups is 1. The van der Waals surface area contributed by atoms with Crippen LogP contribution >= 0.6 is 0 Å². The lowest BCUT2D eigenvalue weighted by Gasteiger charge is -2.30. The van der Waals surface area contributed by atoms with Crippen LogP contribution in [0.1, 0.15) is 36.8 Å². The molecule has 1 aromatic rings. The molecular formula is C19H30N4O2. The van der Waals surface area contributed by atoms with E-state index in [0.717, 1.165) is 62.1 Å². The Kier molecular flexibility index (Phi) is 7.25. The van der Waals surface area contributed by atoms with E-state index in [9.17, 15) is 9.59 Å². The van der Waals surface area contributed by atoms with Crippen molar-refractivity contribution >= 4 is 17.6 Å². The fourth-order valence-electron chi connectivity index (χ4n) is 3.27. The zero-order valence-electron chi connectivity index (χ0n) is 15.3. The molecule has 6 nitrogen and oxygen atoms in total. The molecule has 1 aliphatic rings. The zero-order valence-corrected chi connectivity index (χ0v) is 15.3. The number of carbonyl (C=O) groups is 2. The van der Waals surface area contributed by atoms with Crippen molar-refractivity contribution in [2.45, 2.75) is 39.5 Å². The van der Waals surface area contributed by atoms with Crippen LogP contribution in [0, 0.1) is 19.8 Å². The molecule has 25 heavy (non-hydrogen) atoms. The number of rotatable bonds is 7. The third-order valence-electron chi connectivity index (χ3n) is 4.90. The van der Waals surface area contributed by atoms with Gasteiger partial charge in [0, 0.05) is 18.2 Å². The van der Waals surface area contributed by atoms with E-state index in [4.69, 9.17) is 5.73 Å². The van der Waals surface area contributed by atoms with Crippen LogP contribution in [0.2, 0.25) is 0 Å². The maximum absolute atomic E-state index is 12.0. The highest BCUT2D eigenvalue weighted by Gasteiger charge is 2.22. The molecular weight excluding hydrogens is 316 g/mol. The highest BCUT2D eigenvalue weighted by molar-refractivity contribution is 5.90. The van der Waals surface area contributed by atoms with Gasteiger partial charge in [0.15, 0.2) is 0 Å². The Bertz CT molecular complexity index is 575. The molecule has 0 saturated carbocycles. The summed E-state index contributed by atoms with van der Waals surface area (Å²) in [6.07, 6.45) is 3.71. The van der Waals surface area contributed by atoms with Gasteiger partial charge in [0.2, 0.25) is 5.91 Å². The topological polar surface area (TPSA) is 87.5 Å². The average Bonchev–Trinajstić information content (AvgIpc) is 2.58. The maximum atomic E-state index is 12.0. The summed E-state index contributed by atoms with van der Waals surface area (Å²) in [6.45, 7) is 7.52. The Labute approximate surface area is 150 Å². The Morgan fingerprint density at radius 2 is 1.80 bits per heavy atom. The number of unbranched alkanes of at least 4 members (excludes halogenated alkanes) is 1. The van der Waals surface area contributed by atoms with Crippen molar-refractivity contribution in [1.29, 1.82) is 0 Å². The van der Waals surface area contributed by atoms with Crippen molar-refractivity contribution < 1.29 is 9.59 Å². The zero-order chi connectivity index (χ0) is 18.2. The monoisotopic (exact) mass is 346 g/mol. The highest BCUT2D eigenvalue weighted by Crippen LogP contribution is 2.19. The van der Waals surface area contributed by atoms with E-state index in [1.165, 1.54) is 0 Å². The molecule has 1 heterocycles. The van der Waals surface area contributed by atoms with Gasteiger partial charge in [0.25, 0.3) is 0 Å². The molecule has 1 aromatic carbocycles. The van der Waals surface area contributed by atoms with Crippen molar-refractivity contribution in [1.82, 2.24) is 10.2 Å². The molecule has 1 saturated heterocycles. The van der Waals surface area contributed by atoms with Crippen LogP contribution in [0.4, 0.5) is 10.5 Å². The van der Waals surface area contributed by atoms with Crippen LogP contribution in [0.3, 0.4) is 0 Å². The Morgan fingerprint density at radius 3 is 2.40 bits per heavy atom. The summed E-state index contributed by atoms with van der Waals surface area (Å²) >= 11 is 0. The third-order valence-corrected chi connectivity index (χ3v) is 4.90. The Balaban J connectivity index is 1.59. The van der Waals surface area contributed by atoms with E-state index in [1.807, 2.05) is 32.0 Å². The second-order valence-electron chi connectivity index (χ2n) is 6.87. The number of piperidine rings is 1. The molecule has 4 N–H and O–H groups in total. The van der Waals surface area contributed by atoms with Gasteiger partial charge >= 0.3 is 6.03 Å². The number of likely N-dealkylation sites (tertiary alicyclic amines) is 1. The van der Waals surface area contributed by atoms with Crippen LogP contribution < -0.4 is 16.4 Å². The average molecular weight is 346 g/mol. The number of carbonyl (C=O) groups excluding carboxylic acids is 2. The number of primary amides is 1. The summed E-state index contributed by atoms with van der Waals surface area (Å²) in [6, 6.07) is 5.81. The van der Waals surface area contributed by atoms with Crippen LogP contribution in [0.25, 0.3) is 0 Å². The molecule has 6 heteroatoms. The van der Waals surface area contributed by atoms with Crippen LogP contribution in [0.5, 0.6) is 0 Å². The predicted octanol–water partition coefficient (Wildman–Crippen LogP) is 2.40. The number of nitrogens with zero attached hydrogens (tertiary/aromatic N) is 1. The smallest absolute Gasteiger partial charge is 0.319 e. The number of amides is 3. The van der Waals surface area contributed by atoms with E-state index in [1.54, 1.807) is 0 Å². The summed E-state index contributed by atoms with van der Waals surface area (Å²) in [5, 5.41) is 5.85. The van der Waals surface area contributed by atoms with Crippen molar-refractivity contribution in [3.63, 3.8) is 0 Å². The van der Waals surface area contributed by atoms with E-state index in [-0.39, 0.29) is 17.9 Å². The number of anilines is 1. The number of nitrogens with two attached hydrogens (primary N) is 1. The normalized spacial score (nSPS) is 15.8. The highest BCUT2D eigenvalue weighted by atomic mass is 16.2. The van der Waals surface area contributed by atoms with Crippen molar-refractivity contribution in [3.05, 3.63) is 29.3 Å². The largest absolute Gasteiger partial charge is 0.369 e. The quantitative estimate of drug-likeness (QED) is 0.663. The van der Waals surface area contributed by atoms with Crippen molar-refractivity contribution in [2.24, 2.45) is 11.7 Å². The molecule has 0 unspecified atom stereocenters. The number of benzene rings is 1. The molecule has 0 radical (unpaired) electrons. The van der Waals surface area contributed by atoms with Gasteiger partial charge in [-0.05, 0) is 70.3 Å². The van der Waals surface area contributed by atoms with E-state index in [2.05, 4.69) is 15.5 Å². The molecule has 2 rings (SSSR count). The fraction of sp³-hybridized carbons (Fsp3) is 0.579. The number of hydrogen-bond acceptors (Lipinski definition) is 3. The predicted molar refractivity (Wildman–Crippen MR) is 101 cm³/mol. The van der Waals surface area contributed by atoms with Gasteiger partial charge in [0.1, 0.15) is 0 Å². The van der Waals surface area contributed by atoms with Gasteiger partial charge in [-0.15, -0.1) is 0 Å². The van der Waals surface area contributed by atoms with Gasteiger partial charge in [-0.3, -0.25) is 4.79 Å². The minimum absolute atomic E-state index is 0.0477. The first-order valence-electron chi connectivity index (χ1n) is 9.10. The van der Waals surface area contributed by atoms with Crippen LogP contribution in [-0.4, -0.2) is 43.0 Å². The number of nitrogens with one attached hydrogen (secondary N) is 2. The molecule has 138 valence electrons. The van der Waals surface area contributed by atoms with Gasteiger partial charge in [-0.1, -0.05) is 18.2 Å². The number of para-hydroxylation sites is 1. The third kappa shape index (κ3) is 6.05. The van der Waals surface area contributed by atoms with Crippen LogP contribution in [-0.2, 0) is 4.79 Å². The van der Waals surface area contributed by atoms with Gasteiger partial charge in [0.05, 0.1) is 0 Å². The molecule has 0 aromatic heterocycles. The lowest BCUT2D eigenvalue weighted by molar-refractivity contribution is -0.123. The van der Waals surface area contributed by atoms with Gasteiger partial charge < -0.3 is 21.3 Å². The summed E-state index contributed by atoms with van der Waals surface area (Å²) in [4.78, 5) is 25.5. The second kappa shape index (κ2) is 9.42. The second-order valence-corrected chi connectivity index (χ2v) is 6.87. The van der Waals surface area contributed by atoms with Gasteiger partial charge in [-0.25, -0.2) is 4.79 Å². The standard InChI is InChI=1S/C19H30N4O2/c1-14-6-5-7-15(2)17(14)22-19(25)21-10-3-4-11-23-12-8-16(9-13-23)18(20)24/h5-7,16H,3-4,8-13H2,1-2H3,(H2,20,24)(H2,21,22,25). The van der Waals surface area contributed by atoms with E-state index in [0.29, 0.717) is 6.54 Å². The molecule has 0 spiro atoms. The van der Waals surface area contributed by atoms with Crippen molar-refractivity contribution in [2.75, 3.05) is 31.5 Å². The molecule has 0 bridgehead atoms. The molecule has 1 fully saturated rings. The summed E-state index contributed by atoms with van der Waals surface area (Å²) < 4.78 is 0. The summed E-state index contributed by atoms with van der Waals surface area (Å²) in [5.41, 5.74) is 8.37. The lowest BCUT2D eigenvalue weighted by atomic mass is 9.96. The molecule has 1 aliphatic heterocycles. The summed E-state index contributed by atoms with van der Waals surface area (Å²) in [5.74, 6) is -0.120. The Morgan fingerprint density at radius 1 is 1.16 bits per heavy atom. The summed E-state index contributed by atoms with van der Waals surface area (Å²) in [7, 11) is 0. The SMILES string of the molecule is Cc1cccc(C)c1NC(=O)NCCCCN1CCC(C(N)=O)CC1. The minimum atomic E-state index is -0.168. The molecule has 0 atom stereocenters. The fourth-order valence-corrected chi connectivity index (χ4v) is 3.27. The first-order chi connectivity index (χ1) is 12.0. The number of hydrogen-bond donors (Lipinski definition) is 3. The van der Waals surface area contributed by atoms with Gasteiger partial charge in [-0.2, -0.15) is 0 Å². The molecule has 3 amide bonds. The Hall–Kier alpha value is -2.08.